The van der Waals surface area contributed by atoms with Gasteiger partial charge in [0, 0.05) is 17.8 Å². The van der Waals surface area contributed by atoms with E-state index in [0.29, 0.717) is 24.2 Å². The van der Waals surface area contributed by atoms with Gasteiger partial charge in [-0.3, -0.25) is 9.59 Å². The van der Waals surface area contributed by atoms with Gasteiger partial charge in [-0.15, -0.1) is 11.3 Å². The molecule has 1 amide bonds. The quantitative estimate of drug-likeness (QED) is 0.744. The first-order valence-electron chi connectivity index (χ1n) is 8.89. The Morgan fingerprint density at radius 1 is 1.35 bits per heavy atom. The summed E-state index contributed by atoms with van der Waals surface area (Å²) in [6.07, 6.45) is 2.33. The summed E-state index contributed by atoms with van der Waals surface area (Å²) in [7, 11) is 0. The predicted octanol–water partition coefficient (Wildman–Crippen LogP) is 2.99. The molecule has 0 saturated heterocycles. The molecule has 26 heavy (non-hydrogen) atoms. The van der Waals surface area contributed by atoms with Crippen molar-refractivity contribution in [3.63, 3.8) is 0 Å². The number of aromatic nitrogens is 2. The van der Waals surface area contributed by atoms with Gasteiger partial charge in [-0.25, -0.2) is 4.98 Å². The van der Waals surface area contributed by atoms with Crippen LogP contribution < -0.4 is 10.9 Å². The van der Waals surface area contributed by atoms with Gasteiger partial charge < -0.3 is 10.3 Å². The summed E-state index contributed by atoms with van der Waals surface area (Å²) in [6, 6.07) is 8.14. The molecule has 2 heterocycles. The van der Waals surface area contributed by atoms with Crippen molar-refractivity contribution < 1.29 is 4.79 Å². The van der Waals surface area contributed by atoms with Crippen LogP contribution >= 0.6 is 11.3 Å². The summed E-state index contributed by atoms with van der Waals surface area (Å²) in [5.41, 5.74) is 3.32. The van der Waals surface area contributed by atoms with E-state index in [9.17, 15) is 9.59 Å². The van der Waals surface area contributed by atoms with Crippen LogP contribution in [0, 0.1) is 13.8 Å². The van der Waals surface area contributed by atoms with E-state index in [-0.39, 0.29) is 17.4 Å². The molecule has 2 N–H and O–H groups in total. The second-order valence-electron chi connectivity index (χ2n) is 6.81. The van der Waals surface area contributed by atoms with Crippen LogP contribution in [-0.4, -0.2) is 22.4 Å². The second kappa shape index (κ2) is 6.68. The lowest BCUT2D eigenvalue weighted by Crippen LogP contribution is -2.30. The van der Waals surface area contributed by atoms with E-state index in [1.165, 1.54) is 5.56 Å². The summed E-state index contributed by atoms with van der Waals surface area (Å²) < 4.78 is 0. The highest BCUT2D eigenvalue weighted by Gasteiger charge is 2.27. The maximum Gasteiger partial charge on any atom is 0.259 e. The standard InChI is InChI=1S/C20H21N3O2S/c1-11-12(2)26-20-17(11)19(25)22-16(23-20)9-10-21-18(24)15-8-7-13-5-3-4-6-14(13)15/h3-6,15H,7-10H2,1-2H3,(H,21,24)(H,22,23,25)/t15-/m0/s1. The number of thiophene rings is 1. The number of fused-ring (bicyclic) bond motifs is 2. The van der Waals surface area contributed by atoms with Gasteiger partial charge in [0.15, 0.2) is 0 Å². The Morgan fingerprint density at radius 3 is 3.00 bits per heavy atom. The van der Waals surface area contributed by atoms with E-state index in [1.807, 2.05) is 32.0 Å². The maximum atomic E-state index is 12.5. The molecule has 0 fully saturated rings. The summed E-state index contributed by atoms with van der Waals surface area (Å²) >= 11 is 1.54. The summed E-state index contributed by atoms with van der Waals surface area (Å²) in [5, 5.41) is 3.68. The number of hydrogen-bond donors (Lipinski definition) is 2. The van der Waals surface area contributed by atoms with E-state index < -0.39 is 0 Å². The molecule has 0 aliphatic heterocycles. The third-order valence-corrected chi connectivity index (χ3v) is 6.30. The van der Waals surface area contributed by atoms with Crippen LogP contribution in [0.4, 0.5) is 0 Å². The number of aromatic amines is 1. The van der Waals surface area contributed by atoms with Crippen LogP contribution in [0.1, 0.15) is 39.7 Å². The second-order valence-corrected chi connectivity index (χ2v) is 8.01. The van der Waals surface area contributed by atoms with Crippen LogP contribution in [0.3, 0.4) is 0 Å². The lowest BCUT2D eigenvalue weighted by molar-refractivity contribution is -0.122. The van der Waals surface area contributed by atoms with Crippen molar-refractivity contribution in [3.05, 3.63) is 62.0 Å². The minimum absolute atomic E-state index is 0.0567. The minimum Gasteiger partial charge on any atom is -0.355 e. The Balaban J connectivity index is 1.43. The minimum atomic E-state index is -0.0945. The van der Waals surface area contributed by atoms with E-state index in [0.717, 1.165) is 33.7 Å². The largest absolute Gasteiger partial charge is 0.355 e. The molecular formula is C20H21N3O2S. The van der Waals surface area contributed by atoms with Gasteiger partial charge in [-0.1, -0.05) is 24.3 Å². The average Bonchev–Trinajstić information content (AvgIpc) is 3.16. The molecular weight excluding hydrogens is 346 g/mol. The van der Waals surface area contributed by atoms with Gasteiger partial charge in [0.05, 0.1) is 11.3 Å². The smallest absolute Gasteiger partial charge is 0.259 e. The molecule has 0 saturated carbocycles. The maximum absolute atomic E-state index is 12.5. The van der Waals surface area contributed by atoms with Gasteiger partial charge in [-0.05, 0) is 43.4 Å². The molecule has 5 nitrogen and oxygen atoms in total. The Labute approximate surface area is 155 Å². The third kappa shape index (κ3) is 2.94. The first kappa shape index (κ1) is 17.0. The van der Waals surface area contributed by atoms with Crippen molar-refractivity contribution in [2.45, 2.75) is 39.0 Å². The molecule has 134 valence electrons. The lowest BCUT2D eigenvalue weighted by atomic mass is 10.0. The number of amides is 1. The number of nitrogens with one attached hydrogen (secondary N) is 2. The van der Waals surface area contributed by atoms with E-state index in [4.69, 9.17) is 0 Å². The number of carbonyl (C=O) groups is 1. The zero-order chi connectivity index (χ0) is 18.3. The molecule has 0 radical (unpaired) electrons. The summed E-state index contributed by atoms with van der Waals surface area (Å²) in [5.74, 6) is 0.611. The molecule has 3 aromatic rings. The number of benzene rings is 1. The fourth-order valence-corrected chi connectivity index (χ4v) is 4.72. The normalized spacial score (nSPS) is 16.0. The number of aryl methyl sites for hydroxylation is 3. The molecule has 4 rings (SSSR count). The van der Waals surface area contributed by atoms with Crippen LogP contribution in [0.5, 0.6) is 0 Å². The van der Waals surface area contributed by atoms with Crippen LogP contribution in [-0.2, 0) is 17.6 Å². The highest BCUT2D eigenvalue weighted by atomic mass is 32.1. The van der Waals surface area contributed by atoms with Gasteiger partial charge in [0.25, 0.3) is 5.56 Å². The molecule has 1 atom stereocenters. The number of hydrogen-bond acceptors (Lipinski definition) is 4. The van der Waals surface area contributed by atoms with E-state index >= 15 is 0 Å². The molecule has 1 aliphatic carbocycles. The fourth-order valence-electron chi connectivity index (χ4n) is 3.67. The molecule has 2 aromatic heterocycles. The number of nitrogens with zero attached hydrogens (tertiary/aromatic N) is 1. The van der Waals surface area contributed by atoms with Crippen molar-refractivity contribution in [3.8, 4) is 0 Å². The molecule has 1 aliphatic rings. The molecule has 0 spiro atoms. The zero-order valence-electron chi connectivity index (χ0n) is 14.9. The Hall–Kier alpha value is -2.47. The van der Waals surface area contributed by atoms with Crippen molar-refractivity contribution in [2.24, 2.45) is 0 Å². The Morgan fingerprint density at radius 2 is 2.15 bits per heavy atom. The highest BCUT2D eigenvalue weighted by molar-refractivity contribution is 7.18. The van der Waals surface area contributed by atoms with Gasteiger partial charge in [0.1, 0.15) is 10.7 Å². The zero-order valence-corrected chi connectivity index (χ0v) is 15.7. The average molecular weight is 367 g/mol. The summed E-state index contributed by atoms with van der Waals surface area (Å²) in [4.78, 5) is 34.1. The fraction of sp³-hybridized carbons (Fsp3) is 0.350. The first-order valence-corrected chi connectivity index (χ1v) is 9.70. The first-order chi connectivity index (χ1) is 12.5. The molecule has 1 aromatic carbocycles. The third-order valence-electron chi connectivity index (χ3n) is 5.20. The van der Waals surface area contributed by atoms with Crippen molar-refractivity contribution >= 4 is 27.5 Å². The lowest BCUT2D eigenvalue weighted by Gasteiger charge is -2.12. The SMILES string of the molecule is Cc1sc2nc(CCNC(=O)[C@H]3CCc4ccccc43)[nH]c(=O)c2c1C. The van der Waals surface area contributed by atoms with Crippen molar-refractivity contribution in [2.75, 3.05) is 6.54 Å². The topological polar surface area (TPSA) is 74.8 Å². The number of rotatable bonds is 4. The predicted molar refractivity (Wildman–Crippen MR) is 104 cm³/mol. The van der Waals surface area contributed by atoms with Crippen molar-refractivity contribution in [1.29, 1.82) is 0 Å². The van der Waals surface area contributed by atoms with Gasteiger partial charge >= 0.3 is 0 Å². The van der Waals surface area contributed by atoms with Crippen molar-refractivity contribution in [1.82, 2.24) is 15.3 Å². The monoisotopic (exact) mass is 367 g/mol. The highest BCUT2D eigenvalue weighted by Crippen LogP contribution is 2.32. The number of carbonyl (C=O) groups excluding carboxylic acids is 1. The molecule has 0 bridgehead atoms. The van der Waals surface area contributed by atoms with Gasteiger partial charge in [0.2, 0.25) is 5.91 Å². The van der Waals surface area contributed by atoms with E-state index in [2.05, 4.69) is 21.4 Å². The Bertz CT molecular complexity index is 1050. The van der Waals surface area contributed by atoms with Crippen LogP contribution in [0.2, 0.25) is 0 Å². The van der Waals surface area contributed by atoms with Crippen LogP contribution in [0.25, 0.3) is 10.2 Å². The Kier molecular flexibility index (Phi) is 4.36. The number of H-pyrrole nitrogens is 1. The van der Waals surface area contributed by atoms with E-state index in [1.54, 1.807) is 11.3 Å². The molecule has 0 unspecified atom stereocenters. The molecule has 6 heteroatoms. The van der Waals surface area contributed by atoms with Crippen LogP contribution in [0.15, 0.2) is 29.1 Å². The van der Waals surface area contributed by atoms with Gasteiger partial charge in [-0.2, -0.15) is 0 Å². The summed E-state index contributed by atoms with van der Waals surface area (Å²) in [6.45, 7) is 4.42.